The largest absolute Gasteiger partial charge is 0.508 e. The predicted molar refractivity (Wildman–Crippen MR) is 161 cm³/mol. The fourth-order valence-corrected chi connectivity index (χ4v) is 7.66. The van der Waals surface area contributed by atoms with Crippen LogP contribution in [0.1, 0.15) is 58.8 Å². The number of halogens is 2. The molecule has 2 N–H and O–H groups in total. The fourth-order valence-electron chi connectivity index (χ4n) is 7.66. The van der Waals surface area contributed by atoms with Gasteiger partial charge in [-0.15, -0.1) is 0 Å². The lowest BCUT2D eigenvalue weighted by atomic mass is 9.75. The molecule has 3 fully saturated rings. The van der Waals surface area contributed by atoms with E-state index in [0.717, 1.165) is 56.5 Å². The van der Waals surface area contributed by atoms with Gasteiger partial charge in [-0.25, -0.2) is 13.8 Å². The third-order valence-electron chi connectivity index (χ3n) is 10.1. The van der Waals surface area contributed by atoms with Crippen LogP contribution < -0.4 is 15.0 Å². The molecule has 4 unspecified atom stereocenters. The molecule has 7 rings (SSSR count). The Morgan fingerprint density at radius 1 is 1.17 bits per heavy atom. The molecule has 3 aliphatic rings. The summed E-state index contributed by atoms with van der Waals surface area (Å²) in [7, 11) is 0. The van der Waals surface area contributed by atoms with E-state index in [4.69, 9.17) is 14.7 Å². The molecule has 4 heterocycles. The highest BCUT2D eigenvalue weighted by molar-refractivity contribution is 5.96. The van der Waals surface area contributed by atoms with Crippen LogP contribution in [0.3, 0.4) is 0 Å². The highest BCUT2D eigenvalue weighted by Crippen LogP contribution is 2.48. The average molecular weight is 576 g/mol. The monoisotopic (exact) mass is 575 g/mol. The summed E-state index contributed by atoms with van der Waals surface area (Å²) in [5.41, 5.74) is 1.69. The van der Waals surface area contributed by atoms with Crippen molar-refractivity contribution in [3.63, 3.8) is 0 Å². The fraction of sp³-hybridized carbons (Fsp3) is 0.515. The first-order valence-electron chi connectivity index (χ1n) is 15.4. The second-order valence-corrected chi connectivity index (χ2v) is 12.8. The molecule has 9 heteroatoms. The number of phenolic OH excluding ortho intramolecular Hbond substituents is 1. The molecule has 1 aliphatic carbocycles. The van der Waals surface area contributed by atoms with Crippen molar-refractivity contribution in [3.05, 3.63) is 48.5 Å². The first-order chi connectivity index (χ1) is 20.3. The van der Waals surface area contributed by atoms with Crippen LogP contribution in [0.25, 0.3) is 27.5 Å². The van der Waals surface area contributed by atoms with Crippen LogP contribution in [0.15, 0.2) is 42.7 Å². The maximum atomic E-state index is 15.2. The Balaban J connectivity index is 1.34. The normalized spacial score (nSPS) is 26.4. The van der Waals surface area contributed by atoms with Gasteiger partial charge < -0.3 is 20.1 Å². The zero-order valence-electron chi connectivity index (χ0n) is 24.3. The van der Waals surface area contributed by atoms with E-state index in [1.807, 2.05) is 17.6 Å². The second kappa shape index (κ2) is 10.7. The quantitative estimate of drug-likeness (QED) is 0.244. The molecule has 222 valence electrons. The molecule has 7 nitrogen and oxygen atoms in total. The first kappa shape index (κ1) is 27.4. The number of hydrogen-bond acceptors (Lipinski definition) is 6. The topological polar surface area (TPSA) is 75.4 Å². The summed E-state index contributed by atoms with van der Waals surface area (Å²) >= 11 is 0. The number of aromatic hydroxyl groups is 1. The second-order valence-electron chi connectivity index (χ2n) is 12.8. The Kier molecular flexibility index (Phi) is 6.95. The smallest absolute Gasteiger partial charge is 0.217 e. The predicted octanol–water partition coefficient (Wildman–Crippen LogP) is 6.68. The summed E-state index contributed by atoms with van der Waals surface area (Å²) in [5, 5.41) is 15.3. The van der Waals surface area contributed by atoms with E-state index in [0.29, 0.717) is 65.3 Å². The summed E-state index contributed by atoms with van der Waals surface area (Å²) in [6, 6.07) is 10.6. The van der Waals surface area contributed by atoms with E-state index in [-0.39, 0.29) is 17.0 Å². The highest BCUT2D eigenvalue weighted by atomic mass is 19.1. The maximum Gasteiger partial charge on any atom is 0.217 e. The van der Waals surface area contributed by atoms with Crippen LogP contribution in [0.2, 0.25) is 0 Å². The molecule has 2 aromatic heterocycles. The molecule has 5 atom stereocenters. The van der Waals surface area contributed by atoms with Gasteiger partial charge in [-0.1, -0.05) is 38.8 Å². The van der Waals surface area contributed by atoms with Gasteiger partial charge in [-0.2, -0.15) is 4.98 Å². The molecule has 4 aromatic rings. The van der Waals surface area contributed by atoms with E-state index < -0.39 is 6.17 Å². The van der Waals surface area contributed by atoms with Gasteiger partial charge in [0.1, 0.15) is 29.6 Å². The lowest BCUT2D eigenvalue weighted by Crippen LogP contribution is -2.51. The van der Waals surface area contributed by atoms with Gasteiger partial charge in [-0.3, -0.25) is 4.57 Å². The number of imidazole rings is 1. The summed E-state index contributed by atoms with van der Waals surface area (Å²) < 4.78 is 38.3. The standard InChI is InChI=1S/C33H39F2N5O2/c1-3-22(34)15-33(11-5-6-20(33)2)18-42-29-14-28-31(32(38-29)39-16-23-9-10-24(17-39)37-23)36-19-40(28)27-13-25(41)12-21-7-4-8-26(35)30(21)27/h4,7-8,12-14,19-20,22-24,37,41H,3,5-6,9-11,15-18H2,1-2H3/t20?,22-,23?,24?,33?/m0/s1. The molecule has 2 aromatic carbocycles. The molecule has 2 saturated heterocycles. The van der Waals surface area contributed by atoms with E-state index in [9.17, 15) is 9.50 Å². The van der Waals surface area contributed by atoms with Gasteiger partial charge in [0.2, 0.25) is 5.88 Å². The molecule has 42 heavy (non-hydrogen) atoms. The van der Waals surface area contributed by atoms with Gasteiger partial charge in [0.05, 0.1) is 17.8 Å². The Bertz CT molecular complexity index is 1610. The minimum atomic E-state index is -0.855. The van der Waals surface area contributed by atoms with Crippen molar-refractivity contribution in [3.8, 4) is 17.3 Å². The number of aromatic nitrogens is 3. The zero-order valence-corrected chi connectivity index (χ0v) is 24.3. The van der Waals surface area contributed by atoms with Crippen molar-refractivity contribution in [2.75, 3.05) is 24.6 Å². The SMILES string of the molecule is CC[C@H](F)CC1(COc2cc3c(ncn3-c3cc(O)cc4cccc(F)c34)c(N3CC4CCC(C3)N4)n2)CCCC1C. The number of anilines is 1. The number of alkyl halides is 1. The number of nitrogens with zero attached hydrogens (tertiary/aromatic N) is 4. The molecule has 0 radical (unpaired) electrons. The number of piperazine rings is 1. The van der Waals surface area contributed by atoms with Crippen molar-refractivity contribution in [1.82, 2.24) is 19.9 Å². The third-order valence-corrected chi connectivity index (χ3v) is 10.1. The number of phenols is 1. The maximum absolute atomic E-state index is 15.2. The number of fused-ring (bicyclic) bond motifs is 4. The third kappa shape index (κ3) is 4.75. The zero-order chi connectivity index (χ0) is 29.0. The summed E-state index contributed by atoms with van der Waals surface area (Å²) in [4.78, 5) is 12.1. The molecule has 2 bridgehead atoms. The van der Waals surface area contributed by atoms with Crippen molar-refractivity contribution in [1.29, 1.82) is 0 Å². The number of hydrogen-bond donors (Lipinski definition) is 2. The molecule has 0 amide bonds. The Hall–Kier alpha value is -3.46. The van der Waals surface area contributed by atoms with Crippen LogP contribution in [0.5, 0.6) is 11.6 Å². The highest BCUT2D eigenvalue weighted by Gasteiger charge is 2.43. The van der Waals surface area contributed by atoms with Gasteiger partial charge in [-0.05, 0) is 55.5 Å². The summed E-state index contributed by atoms with van der Waals surface area (Å²) in [5.74, 6) is 1.24. The first-order valence-corrected chi connectivity index (χ1v) is 15.4. The van der Waals surface area contributed by atoms with Gasteiger partial charge in [0.15, 0.2) is 5.82 Å². The van der Waals surface area contributed by atoms with Gasteiger partial charge in [0, 0.05) is 48.1 Å². The summed E-state index contributed by atoms with van der Waals surface area (Å²) in [6.45, 7) is 6.15. The Morgan fingerprint density at radius 3 is 2.71 bits per heavy atom. The lowest BCUT2D eigenvalue weighted by Gasteiger charge is -2.35. The van der Waals surface area contributed by atoms with E-state index in [1.165, 1.54) is 6.07 Å². The number of pyridine rings is 1. The Morgan fingerprint density at radius 2 is 1.98 bits per heavy atom. The van der Waals surface area contributed by atoms with E-state index in [2.05, 4.69) is 17.1 Å². The van der Waals surface area contributed by atoms with Crippen LogP contribution in [0, 0.1) is 17.2 Å². The Labute approximate surface area is 244 Å². The number of ether oxygens (including phenoxy) is 1. The average Bonchev–Trinajstić information content (AvgIpc) is 3.67. The molecule has 1 saturated carbocycles. The molecule has 2 aliphatic heterocycles. The van der Waals surface area contributed by atoms with Crippen LogP contribution in [0.4, 0.5) is 14.6 Å². The van der Waals surface area contributed by atoms with Crippen LogP contribution >= 0.6 is 0 Å². The molecule has 0 spiro atoms. The number of nitrogens with one attached hydrogen (secondary N) is 1. The van der Waals surface area contributed by atoms with Gasteiger partial charge in [0.25, 0.3) is 0 Å². The number of rotatable bonds is 8. The van der Waals surface area contributed by atoms with Crippen LogP contribution in [-0.4, -0.2) is 57.6 Å². The molecular formula is C33H39F2N5O2. The summed E-state index contributed by atoms with van der Waals surface area (Å²) in [6.07, 6.45) is 7.16. The van der Waals surface area contributed by atoms with Crippen LogP contribution in [-0.2, 0) is 0 Å². The van der Waals surface area contributed by atoms with Crippen molar-refractivity contribution in [2.45, 2.75) is 77.0 Å². The lowest BCUT2D eigenvalue weighted by molar-refractivity contribution is 0.0632. The van der Waals surface area contributed by atoms with Crippen molar-refractivity contribution < 1.29 is 18.6 Å². The minimum absolute atomic E-state index is 0.0447. The van der Waals surface area contributed by atoms with Gasteiger partial charge >= 0.3 is 0 Å². The number of benzene rings is 2. The van der Waals surface area contributed by atoms with Crippen molar-refractivity contribution >= 4 is 27.6 Å². The minimum Gasteiger partial charge on any atom is -0.508 e. The van der Waals surface area contributed by atoms with Crippen molar-refractivity contribution in [2.24, 2.45) is 11.3 Å². The molecular weight excluding hydrogens is 536 g/mol. The van der Waals surface area contributed by atoms with E-state index in [1.54, 1.807) is 30.6 Å². The van der Waals surface area contributed by atoms with E-state index >= 15 is 4.39 Å².